The molecule has 1 saturated heterocycles. The fraction of sp³-hybridized carbons (Fsp3) is 0.667. The van der Waals surface area contributed by atoms with E-state index in [1.165, 1.54) is 63.0 Å². The zero-order valence-corrected chi connectivity index (χ0v) is 19.2. The Labute approximate surface area is 191 Å². The summed E-state index contributed by atoms with van der Waals surface area (Å²) in [7, 11) is 0. The highest BCUT2D eigenvalue weighted by Crippen LogP contribution is 2.20. The predicted octanol–water partition coefficient (Wildman–Crippen LogP) is 2.60. The Kier molecular flexibility index (Phi) is 14.3. The first-order valence-corrected chi connectivity index (χ1v) is 11.6. The minimum Gasteiger partial charge on any atom is -0.463 e. The summed E-state index contributed by atoms with van der Waals surface area (Å²) in [4.78, 5) is 23.0. The summed E-state index contributed by atoms with van der Waals surface area (Å²) < 4.78 is 10.8. The van der Waals surface area contributed by atoms with Gasteiger partial charge < -0.3 is 30.7 Å². The van der Waals surface area contributed by atoms with Crippen LogP contribution in [0, 0.1) is 0 Å². The standard InChI is InChI=1S/C24H40N2O6/c1-3-5-6-7-8-9-10-11-12-15-20(27)31-17-19-21(28)22(29)24(32-19)26-16-13-14-18(4-2)23(25)30/h4,13-14,16,19,21-22,24,26,28-29H,2-3,5-12,15,17H2,1H3,(H2,25,30)/b16-13-,18-14+/t19?,21?,22-,24?/m1/s1. The normalized spacial score (nSPS) is 23.4. The number of nitrogens with one attached hydrogen (secondary N) is 1. The molecule has 0 aromatic carbocycles. The van der Waals surface area contributed by atoms with Gasteiger partial charge in [-0.15, -0.1) is 0 Å². The number of rotatable bonds is 17. The van der Waals surface area contributed by atoms with Gasteiger partial charge in [-0.2, -0.15) is 0 Å². The van der Waals surface area contributed by atoms with Gasteiger partial charge in [0, 0.05) is 12.0 Å². The van der Waals surface area contributed by atoms with E-state index in [-0.39, 0.29) is 18.1 Å². The number of aliphatic hydroxyl groups excluding tert-OH is 2. The number of esters is 1. The highest BCUT2D eigenvalue weighted by atomic mass is 16.6. The average Bonchev–Trinajstić information content (AvgIpc) is 3.04. The van der Waals surface area contributed by atoms with Crippen LogP contribution < -0.4 is 11.1 Å². The van der Waals surface area contributed by atoms with Crippen molar-refractivity contribution in [2.24, 2.45) is 5.73 Å². The van der Waals surface area contributed by atoms with Gasteiger partial charge in [-0.1, -0.05) is 70.9 Å². The van der Waals surface area contributed by atoms with Crippen LogP contribution in [0.5, 0.6) is 0 Å². The molecule has 32 heavy (non-hydrogen) atoms. The molecule has 0 saturated carbocycles. The first-order valence-electron chi connectivity index (χ1n) is 11.6. The van der Waals surface area contributed by atoms with Crippen LogP contribution in [-0.4, -0.2) is 53.2 Å². The van der Waals surface area contributed by atoms with Crippen molar-refractivity contribution < 1.29 is 29.3 Å². The van der Waals surface area contributed by atoms with E-state index in [1.54, 1.807) is 0 Å². The maximum atomic E-state index is 11.9. The molecule has 182 valence electrons. The van der Waals surface area contributed by atoms with E-state index in [4.69, 9.17) is 15.2 Å². The van der Waals surface area contributed by atoms with Gasteiger partial charge in [0.1, 0.15) is 24.9 Å². The van der Waals surface area contributed by atoms with Crippen molar-refractivity contribution in [2.45, 2.75) is 95.7 Å². The summed E-state index contributed by atoms with van der Waals surface area (Å²) in [5, 5.41) is 23.0. The fourth-order valence-electron chi connectivity index (χ4n) is 3.40. The Hall–Kier alpha value is -2.16. The molecular weight excluding hydrogens is 412 g/mol. The second-order valence-corrected chi connectivity index (χ2v) is 8.05. The number of carbonyl (C=O) groups excluding carboxylic acids is 2. The maximum Gasteiger partial charge on any atom is 0.305 e. The van der Waals surface area contributed by atoms with Gasteiger partial charge in [0.05, 0.1) is 0 Å². The first-order chi connectivity index (χ1) is 15.4. The highest BCUT2D eigenvalue weighted by Gasteiger charge is 2.42. The molecule has 0 radical (unpaired) electrons. The number of nitrogens with two attached hydrogens (primary N) is 1. The van der Waals surface area contributed by atoms with Crippen LogP contribution in [0.3, 0.4) is 0 Å². The zero-order valence-electron chi connectivity index (χ0n) is 19.2. The van der Waals surface area contributed by atoms with E-state index in [0.717, 1.165) is 19.3 Å². The molecule has 0 spiro atoms. The van der Waals surface area contributed by atoms with Gasteiger partial charge in [-0.05, 0) is 24.8 Å². The van der Waals surface area contributed by atoms with E-state index < -0.39 is 30.4 Å². The quantitative estimate of drug-likeness (QED) is 0.115. The lowest BCUT2D eigenvalue weighted by Crippen LogP contribution is -2.38. The van der Waals surface area contributed by atoms with Gasteiger partial charge in [-0.3, -0.25) is 9.59 Å². The lowest BCUT2D eigenvalue weighted by atomic mass is 10.1. The zero-order chi connectivity index (χ0) is 23.8. The van der Waals surface area contributed by atoms with Crippen LogP contribution in [0.2, 0.25) is 0 Å². The smallest absolute Gasteiger partial charge is 0.305 e. The topological polar surface area (TPSA) is 131 Å². The van der Waals surface area contributed by atoms with Crippen molar-refractivity contribution in [1.82, 2.24) is 5.32 Å². The number of allylic oxidation sites excluding steroid dienone is 2. The Morgan fingerprint density at radius 2 is 1.69 bits per heavy atom. The summed E-state index contributed by atoms with van der Waals surface area (Å²) in [6, 6.07) is 0. The van der Waals surface area contributed by atoms with Crippen molar-refractivity contribution >= 4 is 11.9 Å². The SMILES string of the molecule is C=C/C(=C\C=C/NC1OC(COC(=O)CCCCCCCCCCC)C(O)[C@H]1O)C(N)=O. The third kappa shape index (κ3) is 10.9. The van der Waals surface area contributed by atoms with Crippen molar-refractivity contribution in [2.75, 3.05) is 6.61 Å². The third-order valence-corrected chi connectivity index (χ3v) is 5.39. The molecular formula is C24H40N2O6. The van der Waals surface area contributed by atoms with E-state index in [9.17, 15) is 19.8 Å². The predicted molar refractivity (Wildman–Crippen MR) is 123 cm³/mol. The lowest BCUT2D eigenvalue weighted by molar-refractivity contribution is -0.149. The van der Waals surface area contributed by atoms with Gasteiger partial charge in [-0.25, -0.2) is 0 Å². The third-order valence-electron chi connectivity index (χ3n) is 5.39. The van der Waals surface area contributed by atoms with E-state index in [1.807, 2.05) is 0 Å². The molecule has 5 N–H and O–H groups in total. The minimum absolute atomic E-state index is 0.126. The molecule has 1 aliphatic heterocycles. The van der Waals surface area contributed by atoms with Crippen molar-refractivity contribution in [1.29, 1.82) is 0 Å². The van der Waals surface area contributed by atoms with Crippen LogP contribution in [0.1, 0.15) is 71.1 Å². The number of carbonyl (C=O) groups is 2. The maximum absolute atomic E-state index is 11.9. The summed E-state index contributed by atoms with van der Waals surface area (Å²) >= 11 is 0. The second-order valence-electron chi connectivity index (χ2n) is 8.05. The van der Waals surface area contributed by atoms with E-state index in [0.29, 0.717) is 6.42 Å². The van der Waals surface area contributed by atoms with Crippen molar-refractivity contribution in [3.8, 4) is 0 Å². The highest BCUT2D eigenvalue weighted by molar-refractivity contribution is 5.94. The molecule has 0 bridgehead atoms. The molecule has 8 nitrogen and oxygen atoms in total. The number of hydrogen-bond donors (Lipinski definition) is 4. The minimum atomic E-state index is -1.19. The summed E-state index contributed by atoms with van der Waals surface area (Å²) in [5.74, 6) is -0.940. The fourth-order valence-corrected chi connectivity index (χ4v) is 3.40. The molecule has 0 aromatic rings. The number of aliphatic hydroxyl groups is 2. The Morgan fingerprint density at radius 3 is 2.28 bits per heavy atom. The average molecular weight is 453 g/mol. The molecule has 1 fully saturated rings. The molecule has 0 aromatic heterocycles. The van der Waals surface area contributed by atoms with Gasteiger partial charge in [0.15, 0.2) is 6.23 Å². The molecule has 0 aliphatic carbocycles. The van der Waals surface area contributed by atoms with E-state index in [2.05, 4.69) is 18.8 Å². The molecule has 1 aliphatic rings. The van der Waals surface area contributed by atoms with E-state index >= 15 is 0 Å². The monoisotopic (exact) mass is 452 g/mol. The van der Waals surface area contributed by atoms with Gasteiger partial charge in [0.25, 0.3) is 0 Å². The number of unbranched alkanes of at least 4 members (excludes halogenated alkanes) is 8. The Morgan fingerprint density at radius 1 is 1.06 bits per heavy atom. The van der Waals surface area contributed by atoms with Crippen LogP contribution in [0.4, 0.5) is 0 Å². The lowest BCUT2D eigenvalue weighted by Gasteiger charge is -2.14. The number of ether oxygens (including phenoxy) is 2. The summed E-state index contributed by atoms with van der Waals surface area (Å²) in [5.41, 5.74) is 5.40. The largest absolute Gasteiger partial charge is 0.463 e. The van der Waals surface area contributed by atoms with Crippen molar-refractivity contribution in [3.05, 3.63) is 36.6 Å². The van der Waals surface area contributed by atoms with Crippen molar-refractivity contribution in [3.63, 3.8) is 0 Å². The number of primary amides is 1. The van der Waals surface area contributed by atoms with Crippen LogP contribution in [0.15, 0.2) is 36.6 Å². The van der Waals surface area contributed by atoms with Crippen LogP contribution in [-0.2, 0) is 19.1 Å². The Bertz CT molecular complexity index is 634. The molecule has 1 rings (SSSR count). The Balaban J connectivity index is 2.23. The molecule has 4 atom stereocenters. The number of hydrogen-bond acceptors (Lipinski definition) is 7. The molecule has 8 heteroatoms. The second kappa shape index (κ2) is 16.5. The summed E-state index contributed by atoms with van der Waals surface area (Å²) in [6.45, 7) is 5.57. The molecule has 1 amide bonds. The summed E-state index contributed by atoms with van der Waals surface area (Å²) in [6.07, 6.45) is 12.5. The van der Waals surface area contributed by atoms with Crippen LogP contribution in [0.25, 0.3) is 0 Å². The number of amides is 1. The van der Waals surface area contributed by atoms with Crippen LogP contribution >= 0.6 is 0 Å². The van der Waals surface area contributed by atoms with Gasteiger partial charge in [0.2, 0.25) is 5.91 Å². The molecule has 1 heterocycles. The molecule has 3 unspecified atom stereocenters. The first kappa shape index (κ1) is 27.9. The van der Waals surface area contributed by atoms with Gasteiger partial charge >= 0.3 is 5.97 Å².